The molecule has 0 aliphatic carbocycles. The Balaban J connectivity index is 1.62. The smallest absolute Gasteiger partial charge is 0.338 e. The van der Waals surface area contributed by atoms with E-state index in [4.69, 9.17) is 14.2 Å². The van der Waals surface area contributed by atoms with Gasteiger partial charge in [-0.25, -0.2) is 9.78 Å². The largest absolute Gasteiger partial charge is 0.494 e. The van der Waals surface area contributed by atoms with Gasteiger partial charge in [0.05, 0.1) is 42.3 Å². The molecule has 1 fully saturated rings. The van der Waals surface area contributed by atoms with Gasteiger partial charge < -0.3 is 19.1 Å². The van der Waals surface area contributed by atoms with E-state index < -0.39 is 0 Å². The quantitative estimate of drug-likeness (QED) is 0.356. The van der Waals surface area contributed by atoms with Crippen LogP contribution in [-0.4, -0.2) is 44.9 Å². The average molecular weight is 441 g/mol. The second kappa shape index (κ2) is 9.30. The van der Waals surface area contributed by atoms with Crippen molar-refractivity contribution in [3.8, 4) is 11.5 Å². The van der Waals surface area contributed by atoms with Gasteiger partial charge in [0.25, 0.3) is 0 Å². The molecule has 0 saturated carbocycles. The van der Waals surface area contributed by atoms with Crippen LogP contribution in [0.4, 0.5) is 16.5 Å². The molecular formula is C22H24N4O4S. The summed E-state index contributed by atoms with van der Waals surface area (Å²) in [5, 5.41) is 9.15. The maximum atomic E-state index is 12.0. The summed E-state index contributed by atoms with van der Waals surface area (Å²) in [6, 6.07) is 9.03. The lowest BCUT2D eigenvalue weighted by atomic mass is 10.2. The number of benzene rings is 2. The lowest BCUT2D eigenvalue weighted by Crippen LogP contribution is -2.18. The first-order valence-electron chi connectivity index (χ1n) is 10.1. The molecule has 0 bridgehead atoms. The number of hydrogen-bond donors (Lipinski definition) is 0. The molecule has 2 aromatic carbocycles. The number of esters is 1. The van der Waals surface area contributed by atoms with Crippen molar-refractivity contribution in [2.24, 2.45) is 10.2 Å². The molecule has 162 valence electrons. The second-order valence-corrected chi connectivity index (χ2v) is 8.00. The Labute approximate surface area is 184 Å². The van der Waals surface area contributed by atoms with Crippen LogP contribution >= 0.6 is 11.3 Å². The zero-order valence-corrected chi connectivity index (χ0v) is 18.6. The van der Waals surface area contributed by atoms with Crippen molar-refractivity contribution in [1.29, 1.82) is 0 Å². The van der Waals surface area contributed by atoms with Crippen LogP contribution in [0, 0.1) is 0 Å². The standard InChI is InChI=1S/C22H24N4O4S/c1-4-30-21(27)14-7-8-15-20(11-14)31-22(23-15)25-24-16-12-19(29-3)17(13-18(16)28-2)26-9-5-6-10-26/h7-8,11-13H,4-6,9-10H2,1-3H3. The first-order valence-corrected chi connectivity index (χ1v) is 10.9. The summed E-state index contributed by atoms with van der Waals surface area (Å²) in [5.74, 6) is 1.01. The zero-order valence-electron chi connectivity index (χ0n) is 17.8. The fourth-order valence-electron chi connectivity index (χ4n) is 3.54. The Morgan fingerprint density at radius 1 is 1.10 bits per heavy atom. The minimum atomic E-state index is -0.351. The lowest BCUT2D eigenvalue weighted by molar-refractivity contribution is 0.0526. The predicted molar refractivity (Wildman–Crippen MR) is 121 cm³/mol. The minimum absolute atomic E-state index is 0.334. The van der Waals surface area contributed by atoms with Crippen molar-refractivity contribution >= 4 is 44.0 Å². The molecule has 31 heavy (non-hydrogen) atoms. The summed E-state index contributed by atoms with van der Waals surface area (Å²) in [6.07, 6.45) is 2.34. The lowest BCUT2D eigenvalue weighted by Gasteiger charge is -2.21. The van der Waals surface area contributed by atoms with E-state index in [2.05, 4.69) is 20.1 Å². The van der Waals surface area contributed by atoms with E-state index in [1.807, 2.05) is 12.1 Å². The summed E-state index contributed by atoms with van der Waals surface area (Å²) in [4.78, 5) is 18.7. The third-order valence-corrected chi connectivity index (χ3v) is 5.96. The number of ether oxygens (including phenoxy) is 3. The first kappa shape index (κ1) is 21.0. The topological polar surface area (TPSA) is 85.6 Å². The fourth-order valence-corrected chi connectivity index (χ4v) is 4.37. The van der Waals surface area contributed by atoms with E-state index >= 15 is 0 Å². The number of nitrogens with zero attached hydrogens (tertiary/aromatic N) is 4. The van der Waals surface area contributed by atoms with Crippen LogP contribution in [-0.2, 0) is 4.74 Å². The molecule has 0 radical (unpaired) electrons. The van der Waals surface area contributed by atoms with Crippen LogP contribution in [0.1, 0.15) is 30.1 Å². The molecule has 2 heterocycles. The van der Waals surface area contributed by atoms with Gasteiger partial charge in [0.2, 0.25) is 5.13 Å². The monoisotopic (exact) mass is 440 g/mol. The van der Waals surface area contributed by atoms with Crippen molar-refractivity contribution in [1.82, 2.24) is 4.98 Å². The molecule has 0 amide bonds. The van der Waals surface area contributed by atoms with Crippen LogP contribution in [0.25, 0.3) is 10.2 Å². The molecule has 3 aromatic rings. The normalized spacial score (nSPS) is 13.8. The van der Waals surface area contributed by atoms with E-state index in [-0.39, 0.29) is 5.97 Å². The molecule has 1 aliphatic rings. The van der Waals surface area contributed by atoms with Crippen molar-refractivity contribution in [3.05, 3.63) is 35.9 Å². The number of hydrogen-bond acceptors (Lipinski definition) is 9. The molecular weight excluding hydrogens is 416 g/mol. The van der Waals surface area contributed by atoms with Crippen molar-refractivity contribution in [2.45, 2.75) is 19.8 Å². The van der Waals surface area contributed by atoms with Crippen LogP contribution in [0.15, 0.2) is 40.6 Å². The highest BCUT2D eigenvalue weighted by Crippen LogP contribution is 2.42. The van der Waals surface area contributed by atoms with Gasteiger partial charge in [-0.2, -0.15) is 0 Å². The van der Waals surface area contributed by atoms with Gasteiger partial charge >= 0.3 is 5.97 Å². The minimum Gasteiger partial charge on any atom is -0.494 e. The van der Waals surface area contributed by atoms with Gasteiger partial charge in [0, 0.05) is 25.2 Å². The van der Waals surface area contributed by atoms with Crippen LogP contribution in [0.2, 0.25) is 0 Å². The van der Waals surface area contributed by atoms with Gasteiger partial charge in [-0.3, -0.25) is 0 Å². The number of carbonyl (C=O) groups is 1. The summed E-state index contributed by atoms with van der Waals surface area (Å²) in [5.41, 5.74) is 2.81. The number of fused-ring (bicyclic) bond motifs is 1. The first-order chi connectivity index (χ1) is 15.1. The van der Waals surface area contributed by atoms with Crippen LogP contribution in [0.3, 0.4) is 0 Å². The molecule has 0 unspecified atom stereocenters. The number of anilines is 1. The summed E-state index contributed by atoms with van der Waals surface area (Å²) in [7, 11) is 3.26. The highest BCUT2D eigenvalue weighted by atomic mass is 32.1. The van der Waals surface area contributed by atoms with Crippen LogP contribution in [0.5, 0.6) is 11.5 Å². The maximum Gasteiger partial charge on any atom is 0.338 e. The molecule has 0 spiro atoms. The Kier molecular flexibility index (Phi) is 6.31. The molecule has 1 aliphatic heterocycles. The zero-order chi connectivity index (χ0) is 21.8. The molecule has 0 N–H and O–H groups in total. The van der Waals surface area contributed by atoms with Crippen molar-refractivity contribution in [2.75, 3.05) is 38.8 Å². The van der Waals surface area contributed by atoms with Gasteiger partial charge in [-0.15, -0.1) is 10.2 Å². The number of carbonyl (C=O) groups excluding carboxylic acids is 1. The molecule has 4 rings (SSSR count). The third kappa shape index (κ3) is 4.46. The Morgan fingerprint density at radius 2 is 1.87 bits per heavy atom. The van der Waals surface area contributed by atoms with Crippen LogP contribution < -0.4 is 14.4 Å². The third-order valence-electron chi connectivity index (χ3n) is 5.06. The van der Waals surface area contributed by atoms with Gasteiger partial charge in [-0.1, -0.05) is 11.3 Å². The molecule has 9 heteroatoms. The fraction of sp³-hybridized carbons (Fsp3) is 0.364. The van der Waals surface area contributed by atoms with Gasteiger partial charge in [0.1, 0.15) is 17.2 Å². The highest BCUT2D eigenvalue weighted by molar-refractivity contribution is 7.21. The van der Waals surface area contributed by atoms with Crippen molar-refractivity contribution < 1.29 is 19.0 Å². The second-order valence-electron chi connectivity index (χ2n) is 6.99. The number of aromatic nitrogens is 1. The SMILES string of the molecule is CCOC(=O)c1ccc2nc(N=Nc3cc(OC)c(N4CCCC4)cc3OC)sc2c1. The van der Waals surface area contributed by atoms with E-state index in [1.165, 1.54) is 24.2 Å². The molecule has 8 nitrogen and oxygen atoms in total. The predicted octanol–water partition coefficient (Wildman–Crippen LogP) is 5.51. The summed E-state index contributed by atoms with van der Waals surface area (Å²) < 4.78 is 17.0. The van der Waals surface area contributed by atoms with E-state index in [1.54, 1.807) is 39.3 Å². The molecule has 1 saturated heterocycles. The number of rotatable bonds is 7. The summed E-state index contributed by atoms with van der Waals surface area (Å²) in [6.45, 7) is 4.11. The van der Waals surface area contributed by atoms with E-state index in [9.17, 15) is 4.79 Å². The number of thiazole rings is 1. The Morgan fingerprint density at radius 3 is 2.58 bits per heavy atom. The van der Waals surface area contributed by atoms with Gasteiger partial charge in [0.15, 0.2) is 0 Å². The Bertz CT molecular complexity index is 1120. The molecule has 1 aromatic heterocycles. The molecule has 0 atom stereocenters. The van der Waals surface area contributed by atoms with E-state index in [0.29, 0.717) is 28.7 Å². The highest BCUT2D eigenvalue weighted by Gasteiger charge is 2.20. The Hall–Kier alpha value is -3.20. The van der Waals surface area contributed by atoms with Gasteiger partial charge in [-0.05, 0) is 38.0 Å². The summed E-state index contributed by atoms with van der Waals surface area (Å²) >= 11 is 1.35. The average Bonchev–Trinajstić information content (AvgIpc) is 3.46. The van der Waals surface area contributed by atoms with Crippen molar-refractivity contribution in [3.63, 3.8) is 0 Å². The number of azo groups is 1. The van der Waals surface area contributed by atoms with E-state index in [0.717, 1.165) is 34.7 Å². The maximum absolute atomic E-state index is 12.0. The number of methoxy groups -OCH3 is 2.